The summed E-state index contributed by atoms with van der Waals surface area (Å²) in [4.78, 5) is 10.6. The second-order valence-corrected chi connectivity index (χ2v) is 10.2. The topological polar surface area (TPSA) is 81.8 Å². The number of benzene rings is 5. The summed E-state index contributed by atoms with van der Waals surface area (Å²) in [5.74, 6) is 1.28. The Morgan fingerprint density at radius 3 is 2.33 bits per heavy atom. The second-order valence-electron chi connectivity index (χ2n) is 10.2. The average molecular weight is 562 g/mol. The minimum Gasteiger partial charge on any atom is -0.497 e. The van der Waals surface area contributed by atoms with Gasteiger partial charge in [-0.1, -0.05) is 78.9 Å². The molecule has 0 radical (unpaired) electrons. The van der Waals surface area contributed by atoms with Crippen molar-refractivity contribution in [2.45, 2.75) is 32.6 Å². The fourth-order valence-corrected chi connectivity index (χ4v) is 5.62. The molecular formula is C37H39NO4. The number of primary amides is 1. The van der Waals surface area contributed by atoms with E-state index in [-0.39, 0.29) is 18.4 Å². The van der Waals surface area contributed by atoms with Crippen LogP contribution in [0.25, 0.3) is 33.7 Å². The van der Waals surface area contributed by atoms with Gasteiger partial charge in [0.2, 0.25) is 5.91 Å². The molecule has 0 fully saturated rings. The van der Waals surface area contributed by atoms with E-state index in [1.165, 1.54) is 32.3 Å². The number of aliphatic hydroxyl groups excluding tert-OH is 1. The highest BCUT2D eigenvalue weighted by atomic mass is 16.5. The molecule has 3 N–H and O–H groups in total. The van der Waals surface area contributed by atoms with Gasteiger partial charge in [-0.15, -0.1) is 0 Å². The first kappa shape index (κ1) is 30.4. The molecule has 5 aromatic carbocycles. The van der Waals surface area contributed by atoms with Crippen molar-refractivity contribution >= 4 is 39.6 Å². The third-order valence-corrected chi connectivity index (χ3v) is 7.69. The minimum atomic E-state index is -0.372. The molecule has 216 valence electrons. The van der Waals surface area contributed by atoms with Crippen molar-refractivity contribution in [3.05, 3.63) is 118 Å². The summed E-state index contributed by atoms with van der Waals surface area (Å²) < 4.78 is 11.2. The monoisotopic (exact) mass is 561 g/mol. The van der Waals surface area contributed by atoms with Gasteiger partial charge in [-0.25, -0.2) is 0 Å². The quantitative estimate of drug-likeness (QED) is 0.200. The standard InChI is InChI=1S/C29H30O3.C8H9NO/c1-5-19-9-10-21-12-14-24(26-15-11-20(6-2)28(19)29(21)26)23(8-7-17-30)25-16-13-22(31-3)18-27(25)32-4;1-6-3-2-4-7(5-6)8(9)10/h5-6,9-16,18,23,30H,1,7-8,17H2,2-4H3;2-5H,1H3,(H2,9,10)/b20-6-;. The molecule has 1 atom stereocenters. The van der Waals surface area contributed by atoms with Crippen LogP contribution in [0.3, 0.4) is 0 Å². The highest BCUT2D eigenvalue weighted by Crippen LogP contribution is 2.41. The molecule has 1 amide bonds. The molecule has 0 spiro atoms. The lowest BCUT2D eigenvalue weighted by Crippen LogP contribution is -2.10. The van der Waals surface area contributed by atoms with Gasteiger partial charge in [0.15, 0.2) is 0 Å². The van der Waals surface area contributed by atoms with Gasteiger partial charge in [-0.2, -0.15) is 0 Å². The Morgan fingerprint density at radius 1 is 0.952 bits per heavy atom. The maximum atomic E-state index is 10.6. The minimum absolute atomic E-state index is 0.0828. The third-order valence-electron chi connectivity index (χ3n) is 7.69. The third kappa shape index (κ3) is 6.32. The largest absolute Gasteiger partial charge is 0.497 e. The van der Waals surface area contributed by atoms with Gasteiger partial charge in [0.1, 0.15) is 11.5 Å². The van der Waals surface area contributed by atoms with Crippen molar-refractivity contribution in [3.63, 3.8) is 0 Å². The maximum absolute atomic E-state index is 10.6. The molecule has 5 rings (SSSR count). The number of hydrogen-bond donors (Lipinski definition) is 2. The van der Waals surface area contributed by atoms with Crippen LogP contribution in [0.2, 0.25) is 0 Å². The number of aryl methyl sites for hydroxylation is 1. The molecule has 0 aliphatic rings. The Kier molecular flexibility index (Phi) is 10.00. The van der Waals surface area contributed by atoms with Crippen molar-refractivity contribution in [3.8, 4) is 11.5 Å². The average Bonchev–Trinajstić information content (AvgIpc) is 3.02. The van der Waals surface area contributed by atoms with Crippen molar-refractivity contribution in [1.82, 2.24) is 0 Å². The van der Waals surface area contributed by atoms with Gasteiger partial charge >= 0.3 is 0 Å². The van der Waals surface area contributed by atoms with Crippen LogP contribution < -0.4 is 20.4 Å². The van der Waals surface area contributed by atoms with E-state index in [1.807, 2.05) is 37.3 Å². The molecule has 0 heterocycles. The lowest BCUT2D eigenvalue weighted by atomic mass is 9.82. The molecule has 1 unspecified atom stereocenters. The molecule has 0 aliphatic heterocycles. The summed E-state index contributed by atoms with van der Waals surface area (Å²) in [5, 5.41) is 15.8. The van der Waals surface area contributed by atoms with E-state index in [0.29, 0.717) is 12.0 Å². The van der Waals surface area contributed by atoms with Gasteiger partial charge in [0.25, 0.3) is 0 Å². The number of rotatable bonds is 9. The van der Waals surface area contributed by atoms with Crippen molar-refractivity contribution < 1.29 is 19.4 Å². The van der Waals surface area contributed by atoms with E-state index >= 15 is 0 Å². The molecule has 0 aromatic heterocycles. The summed E-state index contributed by atoms with van der Waals surface area (Å²) in [6.45, 7) is 8.20. The Morgan fingerprint density at radius 2 is 1.71 bits per heavy atom. The molecule has 5 aromatic rings. The van der Waals surface area contributed by atoms with E-state index in [9.17, 15) is 9.90 Å². The zero-order valence-corrected chi connectivity index (χ0v) is 24.8. The number of carbonyl (C=O) groups is 1. The number of ether oxygens (including phenoxy) is 2. The van der Waals surface area contributed by atoms with Crippen LogP contribution >= 0.6 is 0 Å². The number of nitrogens with two attached hydrogens (primary N) is 1. The molecule has 0 saturated carbocycles. The van der Waals surface area contributed by atoms with Crippen LogP contribution in [0.4, 0.5) is 0 Å². The van der Waals surface area contributed by atoms with Gasteiger partial charge < -0.3 is 20.3 Å². The lowest BCUT2D eigenvalue weighted by molar-refractivity contribution is 0.1000. The normalized spacial score (nSPS) is 12.1. The maximum Gasteiger partial charge on any atom is 0.248 e. The van der Waals surface area contributed by atoms with Crippen molar-refractivity contribution in [2.75, 3.05) is 20.8 Å². The smallest absolute Gasteiger partial charge is 0.248 e. The van der Waals surface area contributed by atoms with Crippen LogP contribution in [0, 0.1) is 6.92 Å². The van der Waals surface area contributed by atoms with Crippen LogP contribution in [0.1, 0.15) is 58.3 Å². The Balaban J connectivity index is 0.000000343. The van der Waals surface area contributed by atoms with Gasteiger partial charge in [0, 0.05) is 29.7 Å². The molecule has 0 aliphatic carbocycles. The predicted molar refractivity (Wildman–Crippen MR) is 174 cm³/mol. The summed E-state index contributed by atoms with van der Waals surface area (Å²) in [7, 11) is 3.35. The van der Waals surface area contributed by atoms with E-state index in [1.54, 1.807) is 26.4 Å². The van der Waals surface area contributed by atoms with E-state index < -0.39 is 0 Å². The summed E-state index contributed by atoms with van der Waals surface area (Å²) in [5.41, 5.74) is 10.1. The molecule has 42 heavy (non-hydrogen) atoms. The second kappa shape index (κ2) is 13.8. The van der Waals surface area contributed by atoms with E-state index in [0.717, 1.165) is 34.6 Å². The van der Waals surface area contributed by atoms with Gasteiger partial charge in [-0.3, -0.25) is 4.79 Å². The first-order valence-electron chi connectivity index (χ1n) is 14.1. The molecule has 5 heteroatoms. The predicted octanol–water partition coefficient (Wildman–Crippen LogP) is 7.17. The number of methoxy groups -OCH3 is 2. The first-order valence-corrected chi connectivity index (χ1v) is 14.1. The highest BCUT2D eigenvalue weighted by Gasteiger charge is 2.22. The zero-order valence-electron chi connectivity index (χ0n) is 24.8. The van der Waals surface area contributed by atoms with Crippen LogP contribution in [-0.2, 0) is 0 Å². The Labute approximate surface area is 247 Å². The number of amides is 1. The fraction of sp³-hybridized carbons (Fsp3) is 0.216. The van der Waals surface area contributed by atoms with E-state index in [2.05, 4.69) is 62.0 Å². The highest BCUT2D eigenvalue weighted by molar-refractivity contribution is 6.14. The molecular weight excluding hydrogens is 522 g/mol. The summed E-state index contributed by atoms with van der Waals surface area (Å²) in [6, 6.07) is 26.4. The Hall–Kier alpha value is -4.61. The number of hydrogen-bond acceptors (Lipinski definition) is 4. The van der Waals surface area contributed by atoms with Crippen LogP contribution in [0.15, 0.2) is 85.4 Å². The van der Waals surface area contributed by atoms with Crippen molar-refractivity contribution in [1.29, 1.82) is 0 Å². The SMILES string of the molecule is C=Cc1ccc2ccc(C(CCCO)c3ccc(OC)cc3OC)c3cc/c(=C/C)c1c23.Cc1cccc(C(N)=O)c1. The number of aliphatic hydroxyl groups is 1. The van der Waals surface area contributed by atoms with Crippen LogP contribution in [0.5, 0.6) is 11.5 Å². The fourth-order valence-electron chi connectivity index (χ4n) is 5.62. The van der Waals surface area contributed by atoms with E-state index in [4.69, 9.17) is 15.2 Å². The molecule has 0 bridgehead atoms. The van der Waals surface area contributed by atoms with Gasteiger partial charge in [0.05, 0.1) is 14.2 Å². The van der Waals surface area contributed by atoms with Crippen molar-refractivity contribution in [2.24, 2.45) is 5.73 Å². The number of carbonyl (C=O) groups excluding carboxylic acids is 1. The summed E-state index contributed by atoms with van der Waals surface area (Å²) >= 11 is 0. The summed E-state index contributed by atoms with van der Waals surface area (Å²) in [6.07, 6.45) is 5.62. The Bertz CT molecular complexity index is 1770. The first-order chi connectivity index (χ1) is 20.4. The van der Waals surface area contributed by atoms with Crippen LogP contribution in [-0.4, -0.2) is 31.8 Å². The molecule has 0 saturated heterocycles. The zero-order chi connectivity index (χ0) is 30.2. The molecule has 5 nitrogen and oxygen atoms in total. The lowest BCUT2D eigenvalue weighted by Gasteiger charge is -2.23. The van der Waals surface area contributed by atoms with Gasteiger partial charge in [-0.05, 0) is 82.8 Å².